The summed E-state index contributed by atoms with van der Waals surface area (Å²) < 4.78 is 0. The largest absolute Gasteiger partial charge is 0.316 e. The summed E-state index contributed by atoms with van der Waals surface area (Å²) in [5.41, 5.74) is 1.17. The Hall–Kier alpha value is -1.36. The van der Waals surface area contributed by atoms with Gasteiger partial charge in [0.2, 0.25) is 0 Å². The molecule has 2 N–H and O–H groups in total. The molecule has 0 fully saturated rings. The van der Waals surface area contributed by atoms with E-state index in [2.05, 4.69) is 39.7 Å². The number of nitrogens with one attached hydrogen (secondary N) is 2. The number of benzene rings is 1. The maximum absolute atomic E-state index is 11.3. The van der Waals surface area contributed by atoms with Gasteiger partial charge in [-0.3, -0.25) is 9.59 Å². The first-order valence-corrected chi connectivity index (χ1v) is 6.84. The van der Waals surface area contributed by atoms with Crippen molar-refractivity contribution in [3.8, 4) is 0 Å². The molecule has 4 nitrogen and oxygen atoms in total. The van der Waals surface area contributed by atoms with Crippen LogP contribution in [0.2, 0.25) is 0 Å². The van der Waals surface area contributed by atoms with Gasteiger partial charge < -0.3 is 9.97 Å². The molecule has 0 amide bonds. The highest BCUT2D eigenvalue weighted by Gasteiger charge is 2.15. The molecule has 0 radical (unpaired) electrons. The van der Waals surface area contributed by atoms with Crippen LogP contribution in [0.25, 0.3) is 11.0 Å². The Morgan fingerprint density at radius 3 is 2.39 bits per heavy atom. The summed E-state index contributed by atoms with van der Waals surface area (Å²) in [7, 11) is 0. The van der Waals surface area contributed by atoms with Crippen molar-refractivity contribution in [1.29, 1.82) is 0 Å². The average Bonchev–Trinajstić information content (AvgIpc) is 2.37. The van der Waals surface area contributed by atoms with Gasteiger partial charge >= 0.3 is 11.1 Å². The van der Waals surface area contributed by atoms with Gasteiger partial charge in [0.15, 0.2) is 0 Å². The molecule has 1 aromatic heterocycles. The molecule has 1 aromatic carbocycles. The summed E-state index contributed by atoms with van der Waals surface area (Å²) in [5.74, 6) is 0.497. The summed E-state index contributed by atoms with van der Waals surface area (Å²) >= 11 is 3.67. The summed E-state index contributed by atoms with van der Waals surface area (Å²) in [6.07, 6.45) is 1.07. The first-order chi connectivity index (χ1) is 8.52. The molecule has 0 aliphatic heterocycles. The number of alkyl halides is 1. The highest BCUT2D eigenvalue weighted by atomic mass is 79.9. The number of aromatic amines is 2. The fourth-order valence-electron chi connectivity index (χ4n) is 1.84. The van der Waals surface area contributed by atoms with Crippen LogP contribution < -0.4 is 11.1 Å². The van der Waals surface area contributed by atoms with Crippen molar-refractivity contribution in [1.82, 2.24) is 9.97 Å². The Labute approximate surface area is 113 Å². The van der Waals surface area contributed by atoms with Crippen LogP contribution in [-0.4, -0.2) is 9.97 Å². The Morgan fingerprint density at radius 1 is 1.17 bits per heavy atom. The highest BCUT2D eigenvalue weighted by Crippen LogP contribution is 2.33. The molecular weight excluding hydrogens is 296 g/mol. The van der Waals surface area contributed by atoms with E-state index in [-0.39, 0.29) is 4.83 Å². The van der Waals surface area contributed by atoms with Crippen molar-refractivity contribution >= 4 is 27.0 Å². The topological polar surface area (TPSA) is 65.7 Å². The van der Waals surface area contributed by atoms with Crippen LogP contribution in [0, 0.1) is 5.92 Å². The van der Waals surface area contributed by atoms with Crippen LogP contribution in [0.3, 0.4) is 0 Å². The van der Waals surface area contributed by atoms with Crippen LogP contribution in [0.5, 0.6) is 0 Å². The number of hydrogen-bond acceptors (Lipinski definition) is 2. The van der Waals surface area contributed by atoms with Gasteiger partial charge in [0.25, 0.3) is 0 Å². The van der Waals surface area contributed by atoms with Gasteiger partial charge in [0, 0.05) is 4.83 Å². The molecule has 2 rings (SSSR count). The number of rotatable bonds is 3. The van der Waals surface area contributed by atoms with Crippen LogP contribution >= 0.6 is 15.9 Å². The molecule has 1 heterocycles. The van der Waals surface area contributed by atoms with Gasteiger partial charge in [-0.1, -0.05) is 42.3 Å². The van der Waals surface area contributed by atoms with E-state index in [1.54, 1.807) is 0 Å². The summed E-state index contributed by atoms with van der Waals surface area (Å²) in [5, 5.41) is 0. The molecule has 2 atom stereocenters. The van der Waals surface area contributed by atoms with Crippen molar-refractivity contribution in [2.45, 2.75) is 25.1 Å². The zero-order chi connectivity index (χ0) is 13.3. The van der Waals surface area contributed by atoms with Crippen LogP contribution in [0.1, 0.15) is 30.7 Å². The van der Waals surface area contributed by atoms with Crippen LogP contribution in [0.15, 0.2) is 27.8 Å². The van der Waals surface area contributed by atoms with Crippen LogP contribution in [0.4, 0.5) is 0 Å². The predicted octanol–water partition coefficient (Wildman–Crippen LogP) is 2.70. The lowest BCUT2D eigenvalue weighted by atomic mass is 9.98. The fraction of sp³-hybridized carbons (Fsp3) is 0.385. The quantitative estimate of drug-likeness (QED) is 0.676. The van der Waals surface area contributed by atoms with Gasteiger partial charge in [-0.2, -0.15) is 0 Å². The van der Waals surface area contributed by atoms with E-state index in [1.165, 1.54) is 0 Å². The first kappa shape index (κ1) is 13.1. The smallest absolute Gasteiger partial charge is 0.314 e. The molecule has 96 valence electrons. The molecule has 0 bridgehead atoms. The lowest BCUT2D eigenvalue weighted by Crippen LogP contribution is -2.28. The second kappa shape index (κ2) is 5.10. The lowest BCUT2D eigenvalue weighted by molar-refractivity contribution is 0.556. The average molecular weight is 311 g/mol. The molecule has 2 unspecified atom stereocenters. The van der Waals surface area contributed by atoms with Crippen LogP contribution in [-0.2, 0) is 0 Å². The number of fused-ring (bicyclic) bond motifs is 1. The Balaban J connectivity index is 2.53. The first-order valence-electron chi connectivity index (χ1n) is 5.93. The zero-order valence-electron chi connectivity index (χ0n) is 10.3. The number of H-pyrrole nitrogens is 2. The zero-order valence-corrected chi connectivity index (χ0v) is 11.9. The standard InChI is InChI=1S/C13H15BrN2O2/c1-3-7(2)11(14)8-4-5-9-10(6-8)16-13(18)12(17)15-9/h4-7,11H,3H2,1-2H3,(H,15,17)(H,16,18). The SMILES string of the molecule is CCC(C)C(Br)c1ccc2[nH]c(=O)c(=O)[nH]c2c1. The number of halogens is 1. The van der Waals surface area contributed by atoms with Gasteiger partial charge in [0.1, 0.15) is 0 Å². The van der Waals surface area contributed by atoms with Crippen molar-refractivity contribution in [3.05, 3.63) is 44.5 Å². The molecule has 0 aliphatic rings. The Bertz CT molecular complexity index is 674. The van der Waals surface area contributed by atoms with E-state index in [9.17, 15) is 9.59 Å². The summed E-state index contributed by atoms with van der Waals surface area (Å²) in [4.78, 5) is 27.9. The van der Waals surface area contributed by atoms with E-state index in [0.717, 1.165) is 12.0 Å². The van der Waals surface area contributed by atoms with Gasteiger partial charge in [-0.05, 0) is 23.6 Å². The number of aromatic nitrogens is 2. The summed E-state index contributed by atoms with van der Waals surface area (Å²) in [6.45, 7) is 4.30. The molecule has 0 aliphatic carbocycles. The fourth-order valence-corrected chi connectivity index (χ4v) is 2.50. The molecule has 0 spiro atoms. The molecule has 18 heavy (non-hydrogen) atoms. The third-order valence-corrected chi connectivity index (χ3v) is 4.64. The maximum atomic E-state index is 11.3. The molecular formula is C13H15BrN2O2. The second-order valence-electron chi connectivity index (χ2n) is 4.50. The van der Waals surface area contributed by atoms with Crippen molar-refractivity contribution in [2.24, 2.45) is 5.92 Å². The third kappa shape index (κ3) is 2.41. The van der Waals surface area contributed by atoms with E-state index in [0.29, 0.717) is 17.0 Å². The van der Waals surface area contributed by atoms with E-state index in [4.69, 9.17) is 0 Å². The van der Waals surface area contributed by atoms with Crippen molar-refractivity contribution in [2.75, 3.05) is 0 Å². The number of hydrogen-bond donors (Lipinski definition) is 2. The highest BCUT2D eigenvalue weighted by molar-refractivity contribution is 9.09. The predicted molar refractivity (Wildman–Crippen MR) is 76.3 cm³/mol. The molecule has 5 heteroatoms. The maximum Gasteiger partial charge on any atom is 0.314 e. The second-order valence-corrected chi connectivity index (χ2v) is 5.49. The van der Waals surface area contributed by atoms with E-state index < -0.39 is 11.1 Å². The minimum atomic E-state index is -0.618. The monoisotopic (exact) mass is 310 g/mol. The van der Waals surface area contributed by atoms with Gasteiger partial charge in [-0.25, -0.2) is 0 Å². The minimum absolute atomic E-state index is 0.238. The summed E-state index contributed by atoms with van der Waals surface area (Å²) in [6, 6.07) is 5.68. The van der Waals surface area contributed by atoms with Crippen molar-refractivity contribution < 1.29 is 0 Å². The third-order valence-electron chi connectivity index (χ3n) is 3.21. The Morgan fingerprint density at radius 2 is 1.78 bits per heavy atom. The van der Waals surface area contributed by atoms with Crippen molar-refractivity contribution in [3.63, 3.8) is 0 Å². The van der Waals surface area contributed by atoms with Gasteiger partial charge in [-0.15, -0.1) is 0 Å². The molecule has 2 aromatic rings. The van der Waals surface area contributed by atoms with E-state index in [1.807, 2.05) is 18.2 Å². The normalized spacial score (nSPS) is 14.6. The molecule has 0 saturated heterocycles. The van der Waals surface area contributed by atoms with E-state index >= 15 is 0 Å². The lowest BCUT2D eigenvalue weighted by Gasteiger charge is -2.17. The Kier molecular flexibility index (Phi) is 3.71. The minimum Gasteiger partial charge on any atom is -0.316 e. The van der Waals surface area contributed by atoms with Gasteiger partial charge in [0.05, 0.1) is 11.0 Å². The molecule has 0 saturated carbocycles.